The molecule has 0 aromatic heterocycles. The van der Waals surface area contributed by atoms with Gasteiger partial charge < -0.3 is 10.6 Å². The molecule has 5 heteroatoms. The molecule has 0 spiro atoms. The highest BCUT2D eigenvalue weighted by Gasteiger charge is 2.24. The Kier molecular flexibility index (Phi) is 5.27. The van der Waals surface area contributed by atoms with Crippen molar-refractivity contribution >= 4 is 15.5 Å². The Balaban J connectivity index is 2.18. The largest absolute Gasteiger partial charge is 0.369 e. The van der Waals surface area contributed by atoms with Crippen molar-refractivity contribution in [1.29, 1.82) is 0 Å². The van der Waals surface area contributed by atoms with Gasteiger partial charge in [-0.15, -0.1) is 0 Å². The van der Waals surface area contributed by atoms with Gasteiger partial charge in [0.1, 0.15) is 0 Å². The summed E-state index contributed by atoms with van der Waals surface area (Å²) in [6.45, 7) is 3.17. The summed E-state index contributed by atoms with van der Waals surface area (Å²) in [4.78, 5) is 2.80. The van der Waals surface area contributed by atoms with Gasteiger partial charge in [-0.05, 0) is 56.4 Å². The predicted molar refractivity (Wildman–Crippen MR) is 87.4 cm³/mol. The molecule has 1 fully saturated rings. The van der Waals surface area contributed by atoms with Gasteiger partial charge in [-0.25, -0.2) is 8.42 Å². The zero-order valence-electron chi connectivity index (χ0n) is 13.0. The predicted octanol–water partition coefficient (Wildman–Crippen LogP) is 2.58. The fourth-order valence-corrected chi connectivity index (χ4v) is 3.69. The van der Waals surface area contributed by atoms with Crippen LogP contribution < -0.4 is 10.6 Å². The minimum absolute atomic E-state index is 0.345. The number of hydrogen-bond donors (Lipinski definition) is 1. The highest BCUT2D eigenvalue weighted by molar-refractivity contribution is 7.90. The van der Waals surface area contributed by atoms with Crippen molar-refractivity contribution in [2.24, 2.45) is 5.73 Å². The van der Waals surface area contributed by atoms with Crippen LogP contribution >= 0.6 is 0 Å². The van der Waals surface area contributed by atoms with Crippen molar-refractivity contribution in [2.45, 2.75) is 56.0 Å². The lowest BCUT2D eigenvalue weighted by Gasteiger charge is -2.37. The van der Waals surface area contributed by atoms with Crippen LogP contribution in [0.3, 0.4) is 0 Å². The Morgan fingerprint density at radius 3 is 2.19 bits per heavy atom. The summed E-state index contributed by atoms with van der Waals surface area (Å²) in [7, 11) is -3.12. The zero-order chi connectivity index (χ0) is 15.5. The third-order valence-electron chi connectivity index (χ3n) is 4.24. The van der Waals surface area contributed by atoms with E-state index in [9.17, 15) is 8.42 Å². The third-order valence-corrected chi connectivity index (χ3v) is 5.37. The van der Waals surface area contributed by atoms with Gasteiger partial charge in [0.2, 0.25) is 0 Å². The molecule has 1 aliphatic rings. The van der Waals surface area contributed by atoms with Crippen LogP contribution in [0.15, 0.2) is 29.2 Å². The maximum atomic E-state index is 11.6. The summed E-state index contributed by atoms with van der Waals surface area (Å²) < 4.78 is 23.1. The van der Waals surface area contributed by atoms with E-state index in [2.05, 4.69) is 11.8 Å². The normalized spacial score (nSPS) is 23.0. The summed E-state index contributed by atoms with van der Waals surface area (Å²) in [6.07, 6.45) is 6.72. The van der Waals surface area contributed by atoms with E-state index in [1.54, 1.807) is 12.1 Å². The van der Waals surface area contributed by atoms with Crippen LogP contribution in [0.5, 0.6) is 0 Å². The van der Waals surface area contributed by atoms with E-state index in [1.807, 2.05) is 12.1 Å². The SMILES string of the molecule is CCCN(c1ccc(S(C)(=O)=O)cc1)C1CCC(N)CC1. The average molecular weight is 310 g/mol. The molecule has 0 aliphatic heterocycles. The van der Waals surface area contributed by atoms with Crippen LogP contribution in [0.2, 0.25) is 0 Å². The summed E-state index contributed by atoms with van der Waals surface area (Å²) in [5, 5.41) is 0. The Hall–Kier alpha value is -1.07. The molecule has 2 rings (SSSR count). The van der Waals surface area contributed by atoms with Crippen LogP contribution in [-0.4, -0.2) is 33.3 Å². The molecule has 0 atom stereocenters. The quantitative estimate of drug-likeness (QED) is 0.908. The van der Waals surface area contributed by atoms with Crippen LogP contribution in [-0.2, 0) is 9.84 Å². The molecule has 0 bridgehead atoms. The van der Waals surface area contributed by atoms with E-state index >= 15 is 0 Å². The van der Waals surface area contributed by atoms with E-state index in [0.29, 0.717) is 17.0 Å². The topological polar surface area (TPSA) is 63.4 Å². The number of nitrogens with zero attached hydrogens (tertiary/aromatic N) is 1. The van der Waals surface area contributed by atoms with Gasteiger partial charge in [0.25, 0.3) is 0 Å². The number of nitrogens with two attached hydrogens (primary N) is 1. The molecule has 118 valence electrons. The highest BCUT2D eigenvalue weighted by Crippen LogP contribution is 2.28. The van der Waals surface area contributed by atoms with Crippen molar-refractivity contribution in [1.82, 2.24) is 0 Å². The van der Waals surface area contributed by atoms with Gasteiger partial charge in [-0.1, -0.05) is 6.92 Å². The second-order valence-electron chi connectivity index (χ2n) is 6.03. The first-order chi connectivity index (χ1) is 9.91. The van der Waals surface area contributed by atoms with Crippen LogP contribution in [0.25, 0.3) is 0 Å². The van der Waals surface area contributed by atoms with E-state index in [-0.39, 0.29) is 0 Å². The molecule has 1 aliphatic carbocycles. The van der Waals surface area contributed by atoms with E-state index < -0.39 is 9.84 Å². The first kappa shape index (κ1) is 16.3. The lowest BCUT2D eigenvalue weighted by molar-refractivity contribution is 0.375. The molecule has 2 N–H and O–H groups in total. The minimum Gasteiger partial charge on any atom is -0.369 e. The van der Waals surface area contributed by atoms with Gasteiger partial charge in [0, 0.05) is 30.6 Å². The Morgan fingerprint density at radius 1 is 1.14 bits per heavy atom. The summed E-state index contributed by atoms with van der Waals surface area (Å²) in [5.74, 6) is 0. The lowest BCUT2D eigenvalue weighted by atomic mass is 9.90. The molecule has 0 radical (unpaired) electrons. The lowest BCUT2D eigenvalue weighted by Crippen LogP contribution is -2.41. The molecular weight excluding hydrogens is 284 g/mol. The van der Waals surface area contributed by atoms with E-state index in [4.69, 9.17) is 5.73 Å². The second kappa shape index (κ2) is 6.79. The first-order valence-electron chi connectivity index (χ1n) is 7.74. The van der Waals surface area contributed by atoms with Crippen LogP contribution in [0, 0.1) is 0 Å². The maximum Gasteiger partial charge on any atom is 0.175 e. The zero-order valence-corrected chi connectivity index (χ0v) is 13.8. The summed E-state index contributed by atoms with van der Waals surface area (Å²) >= 11 is 0. The molecule has 1 aromatic carbocycles. The Labute approximate surface area is 128 Å². The van der Waals surface area contributed by atoms with Gasteiger partial charge in [0.05, 0.1) is 4.90 Å². The monoisotopic (exact) mass is 310 g/mol. The molecular formula is C16H26N2O2S. The van der Waals surface area contributed by atoms with Crippen molar-refractivity contribution in [2.75, 3.05) is 17.7 Å². The standard InChI is InChI=1S/C16H26N2O2S/c1-3-12-18(14-6-4-13(17)5-7-14)15-8-10-16(11-9-15)21(2,19)20/h8-11,13-14H,3-7,12,17H2,1-2H3. The average Bonchev–Trinajstić information content (AvgIpc) is 2.45. The maximum absolute atomic E-state index is 11.6. The fraction of sp³-hybridized carbons (Fsp3) is 0.625. The summed E-state index contributed by atoms with van der Waals surface area (Å²) in [5.41, 5.74) is 7.11. The number of benzene rings is 1. The number of sulfone groups is 1. The Morgan fingerprint density at radius 2 is 1.71 bits per heavy atom. The van der Waals surface area contributed by atoms with Crippen LogP contribution in [0.1, 0.15) is 39.0 Å². The minimum atomic E-state index is -3.12. The van der Waals surface area contributed by atoms with Gasteiger partial charge in [-0.2, -0.15) is 0 Å². The molecule has 4 nitrogen and oxygen atoms in total. The Bertz CT molecular complexity index is 546. The smallest absolute Gasteiger partial charge is 0.175 e. The third kappa shape index (κ3) is 4.20. The number of anilines is 1. The highest BCUT2D eigenvalue weighted by atomic mass is 32.2. The molecule has 1 saturated carbocycles. The van der Waals surface area contributed by atoms with E-state index in [1.165, 1.54) is 6.26 Å². The molecule has 0 saturated heterocycles. The number of rotatable bonds is 5. The van der Waals surface area contributed by atoms with Gasteiger partial charge in [-0.3, -0.25) is 0 Å². The first-order valence-corrected chi connectivity index (χ1v) is 9.63. The van der Waals surface area contributed by atoms with Crippen molar-refractivity contribution in [3.8, 4) is 0 Å². The molecule has 21 heavy (non-hydrogen) atoms. The van der Waals surface area contributed by atoms with Crippen molar-refractivity contribution in [3.05, 3.63) is 24.3 Å². The molecule has 0 unspecified atom stereocenters. The van der Waals surface area contributed by atoms with E-state index in [0.717, 1.165) is 44.3 Å². The molecule has 0 heterocycles. The van der Waals surface area contributed by atoms with Crippen molar-refractivity contribution in [3.63, 3.8) is 0 Å². The molecule has 0 amide bonds. The summed E-state index contributed by atoms with van der Waals surface area (Å²) in [6, 6.07) is 8.15. The number of hydrogen-bond acceptors (Lipinski definition) is 4. The van der Waals surface area contributed by atoms with Gasteiger partial charge in [0.15, 0.2) is 9.84 Å². The molecule has 1 aromatic rings. The second-order valence-corrected chi connectivity index (χ2v) is 8.04. The van der Waals surface area contributed by atoms with Gasteiger partial charge >= 0.3 is 0 Å². The van der Waals surface area contributed by atoms with Crippen LogP contribution in [0.4, 0.5) is 5.69 Å². The fourth-order valence-electron chi connectivity index (χ4n) is 3.06. The van der Waals surface area contributed by atoms with Crippen molar-refractivity contribution < 1.29 is 8.42 Å².